The fraction of sp³-hybridized carbons (Fsp3) is 0.782. The normalized spacial score (nSPS) is 11.7. The van der Waals surface area contributed by atoms with E-state index in [1.807, 2.05) is 192 Å². The first-order chi connectivity index (χ1) is 54.9. The molecule has 0 aliphatic carbocycles. The van der Waals surface area contributed by atoms with Crippen LogP contribution >= 0.6 is 0 Å². The fourth-order valence-electron chi connectivity index (χ4n) is 6.68. The summed E-state index contributed by atoms with van der Waals surface area (Å²) in [5, 5.41) is 65.8. The molecule has 0 saturated carbocycles. The Morgan fingerprint density at radius 2 is 0.792 bits per heavy atom. The van der Waals surface area contributed by atoms with Gasteiger partial charge in [-0.1, -0.05) is 265 Å². The molecular formula is C87H178N27O6+. The number of hydrogen-bond donors (Lipinski definition) is 12. The van der Waals surface area contributed by atoms with Gasteiger partial charge in [-0.25, -0.2) is 15.0 Å². The van der Waals surface area contributed by atoms with Crippen molar-refractivity contribution < 1.29 is 34.1 Å². The molecule has 4 amide bonds. The van der Waals surface area contributed by atoms with Crippen LogP contribution in [-0.2, 0) is 24.0 Å². The lowest BCUT2D eigenvalue weighted by molar-refractivity contribution is -0.390. The van der Waals surface area contributed by atoms with Gasteiger partial charge >= 0.3 is 0 Å². The number of H-pyrrole nitrogens is 6. The van der Waals surface area contributed by atoms with Crippen LogP contribution in [0, 0.1) is 65.1 Å². The zero-order chi connectivity index (χ0) is 95.7. The van der Waals surface area contributed by atoms with Gasteiger partial charge in [0, 0.05) is 119 Å². The summed E-state index contributed by atoms with van der Waals surface area (Å²) in [4.78, 5) is 75.0. The van der Waals surface area contributed by atoms with Gasteiger partial charge in [0.25, 0.3) is 5.82 Å². The molecule has 6 heterocycles. The molecule has 0 radical (unpaired) electrons. The minimum Gasteiger partial charge on any atom is -0.512 e. The Bertz CT molecular complexity index is 3090. The first-order valence-electron chi connectivity index (χ1n) is 43.0. The number of primary amides is 2. The quantitative estimate of drug-likeness (QED) is 0.0164. The van der Waals surface area contributed by atoms with Crippen molar-refractivity contribution in [1.29, 1.82) is 0 Å². The van der Waals surface area contributed by atoms with Crippen LogP contribution in [0.5, 0.6) is 0 Å². The van der Waals surface area contributed by atoms with Crippen LogP contribution in [0.3, 0.4) is 0 Å². The Labute approximate surface area is 726 Å². The van der Waals surface area contributed by atoms with Gasteiger partial charge in [-0.05, 0) is 90.4 Å². The molecule has 0 spiro atoms. The predicted molar refractivity (Wildman–Crippen MR) is 496 cm³/mol. The predicted octanol–water partition coefficient (Wildman–Crippen LogP) is 17.6. The third-order valence-corrected chi connectivity index (χ3v) is 14.8. The third kappa shape index (κ3) is 81.3. The lowest BCUT2D eigenvalue weighted by Crippen LogP contribution is -2.33. The molecule has 0 unspecified atom stereocenters. The molecule has 5 aromatic rings. The molecule has 0 aromatic carbocycles. The number of Topliss-reactive ketones (excluding diaryl/α,β-unsaturated/α-hetero) is 1. The van der Waals surface area contributed by atoms with E-state index < -0.39 is 0 Å². The van der Waals surface area contributed by atoms with Gasteiger partial charge in [0.05, 0.1) is 29.1 Å². The summed E-state index contributed by atoms with van der Waals surface area (Å²) < 4.78 is 0. The largest absolute Gasteiger partial charge is 0.512 e. The van der Waals surface area contributed by atoms with E-state index in [0.717, 1.165) is 47.1 Å². The van der Waals surface area contributed by atoms with E-state index in [9.17, 15) is 24.0 Å². The molecule has 5 aromatic heterocycles. The summed E-state index contributed by atoms with van der Waals surface area (Å²) >= 11 is 0. The summed E-state index contributed by atoms with van der Waals surface area (Å²) in [7, 11) is 0. The Balaban J connectivity index is -0.000000188. The van der Waals surface area contributed by atoms with Crippen LogP contribution in [0.1, 0.15) is 393 Å². The molecule has 696 valence electrons. The molecule has 0 atom stereocenters. The first-order valence-corrected chi connectivity index (χ1v) is 43.0. The second kappa shape index (κ2) is 73.8. The highest BCUT2D eigenvalue weighted by Gasteiger charge is 2.15. The van der Waals surface area contributed by atoms with Gasteiger partial charge < -0.3 is 43.7 Å². The maximum Gasteiger partial charge on any atom is 0.254 e. The topological polar surface area (TPSA) is 518 Å². The van der Waals surface area contributed by atoms with Gasteiger partial charge in [0.15, 0.2) is 17.5 Å². The van der Waals surface area contributed by atoms with Gasteiger partial charge in [0.2, 0.25) is 23.6 Å². The summed E-state index contributed by atoms with van der Waals surface area (Å²) in [6.07, 6.45) is 6.60. The minimum absolute atomic E-state index is 0.00926. The fourth-order valence-corrected chi connectivity index (χ4v) is 6.68. The molecule has 33 heteroatoms. The number of aliphatic hydroxyl groups excluding tert-OH is 1. The van der Waals surface area contributed by atoms with Crippen LogP contribution in [0.2, 0.25) is 0 Å². The summed E-state index contributed by atoms with van der Waals surface area (Å²) in [6, 6.07) is 1.18. The summed E-state index contributed by atoms with van der Waals surface area (Å²) in [5.74, 6) is 13.0. The number of amides is 4. The van der Waals surface area contributed by atoms with Crippen molar-refractivity contribution in [3.05, 3.63) is 64.7 Å². The maximum atomic E-state index is 11.0. The number of rotatable bonds is 23. The van der Waals surface area contributed by atoms with Crippen molar-refractivity contribution in [2.75, 3.05) is 6.54 Å². The average Bonchev–Trinajstić information content (AvgIpc) is 1.75. The molecule has 6 rings (SSSR count). The van der Waals surface area contributed by atoms with Gasteiger partial charge in [-0.15, -0.1) is 35.7 Å². The molecule has 17 N–H and O–H groups in total. The smallest absolute Gasteiger partial charge is 0.254 e. The molecule has 0 saturated heterocycles. The second-order valence-electron chi connectivity index (χ2n) is 35.6. The van der Waals surface area contributed by atoms with E-state index in [1.54, 1.807) is 27.7 Å². The van der Waals surface area contributed by atoms with Crippen LogP contribution in [0.4, 0.5) is 0 Å². The Morgan fingerprint density at radius 1 is 0.442 bits per heavy atom. The van der Waals surface area contributed by atoms with Crippen molar-refractivity contribution in [3.8, 4) is 0 Å². The van der Waals surface area contributed by atoms with Gasteiger partial charge in [0.1, 0.15) is 30.0 Å². The molecule has 1 aliphatic heterocycles. The highest BCUT2D eigenvalue weighted by Crippen LogP contribution is 2.17. The van der Waals surface area contributed by atoms with Crippen LogP contribution < -0.4 is 38.6 Å². The van der Waals surface area contributed by atoms with Crippen LogP contribution in [-0.4, -0.2) is 159 Å². The number of nitrogens with zero attached hydrogens (tertiary/aromatic N) is 15. The lowest BCUT2D eigenvalue weighted by Gasteiger charge is -2.09. The number of ketones is 1. The van der Waals surface area contributed by atoms with E-state index in [4.69, 9.17) is 28.0 Å². The summed E-state index contributed by atoms with van der Waals surface area (Å²) in [5.41, 5.74) is 24.3. The van der Waals surface area contributed by atoms with Crippen molar-refractivity contribution >= 4 is 46.8 Å². The SMILES string of the molecule is CC(C)/C=C(\O)C(C)C.CC(C)C(N)=O.CC(C)C(N)=O.CC(C)C1=NN=NC1.CC(C)CC(=O)C(C)C.CC(C)N=C(N)C(C)C.CC(C)N=C(N)C(C)C.CC(C)NC(=O)C(C)C.CC(C)NC(=O)C(C)C.CC(C)c1c[nH+]c(C(C)C)[nH]1.CC(C)c1cnc(C(C)C)[nH]1.CC(C)c1nn[nH]n1.CC(C)c1nn[nH]n1.CC(C)c1nn[nH]n1. The van der Waals surface area contributed by atoms with Crippen molar-refractivity contribution in [3.63, 3.8) is 0 Å². The van der Waals surface area contributed by atoms with Gasteiger partial charge in [-0.2, -0.15) is 20.8 Å². The van der Waals surface area contributed by atoms with Crippen LogP contribution in [0.15, 0.2) is 49.7 Å². The number of imidazole rings is 2. The monoisotopic (exact) mass is 1700 g/mol. The van der Waals surface area contributed by atoms with E-state index in [1.165, 1.54) is 17.2 Å². The highest BCUT2D eigenvalue weighted by molar-refractivity contribution is 5.88. The zero-order valence-electron chi connectivity index (χ0n) is 83.4. The number of aromatic amines is 6. The molecule has 0 fully saturated rings. The zero-order valence-corrected chi connectivity index (χ0v) is 83.4. The number of amidine groups is 2. The molecule has 120 heavy (non-hydrogen) atoms. The number of aliphatic imine (C=N–C) groups is 2. The average molecular weight is 1700 g/mol. The van der Waals surface area contributed by atoms with E-state index in [2.05, 4.69) is 221 Å². The molecule has 1 aliphatic rings. The first kappa shape index (κ1) is 127. The lowest BCUT2D eigenvalue weighted by atomic mass is 9.99. The minimum atomic E-state index is -0.241. The third-order valence-electron chi connectivity index (χ3n) is 14.8. The number of tetrazole rings is 3. The maximum absolute atomic E-state index is 11.0. The van der Waals surface area contributed by atoms with E-state index >= 15 is 0 Å². The number of aliphatic hydroxyl groups is 1. The Kier molecular flexibility index (Phi) is 77.8. The number of nitrogens with one attached hydrogen (secondary N) is 8. The number of hydrogen-bond acceptors (Lipinski definition) is 21. The second-order valence-corrected chi connectivity index (χ2v) is 35.6. The standard InChI is InChI=1S/2C9H16N2.2C8H16O.2C7H16N2.2C7H15NO.C5H9N3.3C4H8N4.2C4H9NO/c2*1-6(2)8-5-10-9(11-8)7(3)4;2*1-6(2)5-8(9)7(3)4;2*1-5(2)7(8)9-6(3)4;2*1-5(2)7(9)8-6(3)4;1-4(2)5-3-6-8-7-5;3*1-3(2)4-5-7-8-6-4;2*1-3(2)4(5)6/h2*5-7H,1-4H3,(H,10,11);6-7H,5H2,1-4H3;5-7,9H,1-4H3;2*5-6H,1-4H3,(H2,8,9);2*5-6H,1-4H3,(H,8,9);4H,3H2,1-2H3;3*3H,1-2H3,(H,5,6,7,8);2*3H,1-2H3,(H2,5,6)/p+1/b;;;8-5-;;;;;;;;;;. The Morgan fingerprint density at radius 3 is 0.908 bits per heavy atom. The van der Waals surface area contributed by atoms with E-state index in [-0.39, 0.29) is 71.2 Å². The van der Waals surface area contributed by atoms with Crippen molar-refractivity contribution in [2.24, 2.45) is 113 Å². The summed E-state index contributed by atoms with van der Waals surface area (Å²) in [6.45, 7) is 89.1. The number of nitrogens with two attached hydrogens (primary N) is 4. The number of aromatic nitrogens is 16. The van der Waals surface area contributed by atoms with Crippen molar-refractivity contribution in [1.82, 2.24) is 87.5 Å². The van der Waals surface area contributed by atoms with E-state index in [0.29, 0.717) is 101 Å². The molecule has 33 nitrogen and oxygen atoms in total. The van der Waals surface area contributed by atoms with Crippen LogP contribution in [0.25, 0.3) is 0 Å². The molecule has 0 bridgehead atoms. The number of carbonyl (C=O) groups is 5. The molecular weight excluding hydrogens is 1520 g/mol. The van der Waals surface area contributed by atoms with Crippen molar-refractivity contribution in [2.45, 2.75) is 377 Å². The highest BCUT2D eigenvalue weighted by atomic mass is 16.3. The van der Waals surface area contributed by atoms with Gasteiger partial charge in [-0.3, -0.25) is 34.0 Å². The Hall–Kier alpha value is -9.07. The number of carbonyl (C=O) groups excluding carboxylic acids is 5. The number of allylic oxidation sites excluding steroid dienone is 2.